The van der Waals surface area contributed by atoms with Gasteiger partial charge in [0.2, 0.25) is 0 Å². The minimum atomic E-state index is -0.100. The Morgan fingerprint density at radius 2 is 0.893 bits per heavy atom. The summed E-state index contributed by atoms with van der Waals surface area (Å²) in [6.07, 6.45) is 0. The maximum Gasteiger partial charge on any atom is 0.0361 e. The van der Waals surface area contributed by atoms with Crippen LogP contribution in [0.1, 0.15) is 25.0 Å². The molecule has 1 aromatic heterocycles. The van der Waals surface area contributed by atoms with Crippen LogP contribution < -0.4 is 0 Å². The van der Waals surface area contributed by atoms with E-state index in [1.807, 2.05) is 11.3 Å². The highest BCUT2D eigenvalue weighted by Gasteiger charge is 2.36. The van der Waals surface area contributed by atoms with E-state index < -0.39 is 0 Å². The van der Waals surface area contributed by atoms with Crippen LogP contribution in [-0.4, -0.2) is 0 Å². The molecule has 0 amide bonds. The van der Waals surface area contributed by atoms with Gasteiger partial charge in [0.15, 0.2) is 0 Å². The molecule has 0 radical (unpaired) electrons. The van der Waals surface area contributed by atoms with Gasteiger partial charge in [-0.15, -0.1) is 11.3 Å². The van der Waals surface area contributed by atoms with Gasteiger partial charge in [-0.1, -0.05) is 172 Å². The maximum absolute atomic E-state index is 2.48. The zero-order chi connectivity index (χ0) is 37.1. The lowest BCUT2D eigenvalue weighted by Gasteiger charge is -2.22. The second-order valence-electron chi connectivity index (χ2n) is 16.0. The summed E-state index contributed by atoms with van der Waals surface area (Å²) in [7, 11) is 0. The number of benzene rings is 10. The molecule has 0 nitrogen and oxygen atoms in total. The molecular formula is C55H36S. The zero-order valence-corrected chi connectivity index (χ0v) is 32.0. The van der Waals surface area contributed by atoms with Crippen molar-refractivity contribution in [1.29, 1.82) is 0 Å². The number of hydrogen-bond acceptors (Lipinski definition) is 1. The van der Waals surface area contributed by atoms with Crippen LogP contribution in [0.2, 0.25) is 0 Å². The van der Waals surface area contributed by atoms with Gasteiger partial charge in [-0.05, 0) is 123 Å². The Morgan fingerprint density at radius 3 is 1.61 bits per heavy atom. The van der Waals surface area contributed by atoms with Gasteiger partial charge in [0.05, 0.1) is 0 Å². The van der Waals surface area contributed by atoms with E-state index in [0.29, 0.717) is 0 Å². The number of fused-ring (bicyclic) bond motifs is 11. The topological polar surface area (TPSA) is 0 Å². The maximum atomic E-state index is 2.48. The van der Waals surface area contributed by atoms with Crippen molar-refractivity contribution in [2.45, 2.75) is 19.3 Å². The SMILES string of the molecule is CC1(C)c2cc(-c3ccc(-c4c5ccccc5c(-c5cccc6ccccc56)c5ccccc45)cc3)ccc2-c2cc3c(cc21)sc1ccc2ccccc2c13. The summed E-state index contributed by atoms with van der Waals surface area (Å²) in [5.74, 6) is 0. The Kier molecular flexibility index (Phi) is 6.66. The monoisotopic (exact) mass is 728 g/mol. The zero-order valence-electron chi connectivity index (χ0n) is 31.2. The number of hydrogen-bond donors (Lipinski definition) is 0. The summed E-state index contributed by atoms with van der Waals surface area (Å²) >= 11 is 1.92. The Labute approximate surface area is 329 Å². The molecule has 0 aliphatic heterocycles. The molecule has 0 bridgehead atoms. The van der Waals surface area contributed by atoms with E-state index in [9.17, 15) is 0 Å². The molecule has 56 heavy (non-hydrogen) atoms. The van der Waals surface area contributed by atoms with Crippen molar-refractivity contribution < 1.29 is 0 Å². The lowest BCUT2D eigenvalue weighted by atomic mass is 9.81. The quantitative estimate of drug-likeness (QED) is 0.159. The lowest BCUT2D eigenvalue weighted by molar-refractivity contribution is 0.661. The molecular weight excluding hydrogens is 693 g/mol. The van der Waals surface area contributed by atoms with Gasteiger partial charge in [0.25, 0.3) is 0 Å². The largest absolute Gasteiger partial charge is 0.135 e. The van der Waals surface area contributed by atoms with Crippen molar-refractivity contribution in [2.75, 3.05) is 0 Å². The second kappa shape index (κ2) is 11.7. The van der Waals surface area contributed by atoms with Crippen LogP contribution in [0.15, 0.2) is 182 Å². The first-order valence-electron chi connectivity index (χ1n) is 19.6. The first-order chi connectivity index (χ1) is 27.5. The summed E-state index contributed by atoms with van der Waals surface area (Å²) in [6, 6.07) is 68.2. The van der Waals surface area contributed by atoms with E-state index >= 15 is 0 Å². The van der Waals surface area contributed by atoms with Gasteiger partial charge in [-0.2, -0.15) is 0 Å². The summed E-state index contributed by atoms with van der Waals surface area (Å²) in [4.78, 5) is 0. The normalized spacial score (nSPS) is 13.3. The van der Waals surface area contributed by atoms with Crippen LogP contribution in [0, 0.1) is 0 Å². The molecule has 0 N–H and O–H groups in total. The van der Waals surface area contributed by atoms with Gasteiger partial charge in [-0.3, -0.25) is 0 Å². The highest BCUT2D eigenvalue weighted by atomic mass is 32.1. The van der Waals surface area contributed by atoms with Gasteiger partial charge in [0, 0.05) is 25.6 Å². The van der Waals surface area contributed by atoms with Crippen molar-refractivity contribution in [3.63, 3.8) is 0 Å². The van der Waals surface area contributed by atoms with E-state index in [1.165, 1.54) is 119 Å². The highest BCUT2D eigenvalue weighted by Crippen LogP contribution is 2.53. The van der Waals surface area contributed by atoms with E-state index in [-0.39, 0.29) is 5.41 Å². The molecule has 1 aliphatic carbocycles. The molecule has 0 unspecified atom stereocenters. The van der Waals surface area contributed by atoms with Crippen LogP contribution >= 0.6 is 11.3 Å². The summed E-state index contributed by atoms with van der Waals surface area (Å²) < 4.78 is 2.73. The molecule has 262 valence electrons. The van der Waals surface area contributed by atoms with E-state index in [2.05, 4.69) is 196 Å². The molecule has 0 saturated heterocycles. The second-order valence-corrected chi connectivity index (χ2v) is 17.1. The van der Waals surface area contributed by atoms with Gasteiger partial charge >= 0.3 is 0 Å². The minimum Gasteiger partial charge on any atom is -0.135 e. The van der Waals surface area contributed by atoms with Crippen LogP contribution in [0.3, 0.4) is 0 Å². The Morgan fingerprint density at radius 1 is 0.339 bits per heavy atom. The van der Waals surface area contributed by atoms with Gasteiger partial charge in [0.1, 0.15) is 0 Å². The Hall–Kier alpha value is -6.54. The first-order valence-corrected chi connectivity index (χ1v) is 20.4. The van der Waals surface area contributed by atoms with E-state index in [0.717, 1.165) is 0 Å². The predicted molar refractivity (Wildman–Crippen MR) is 243 cm³/mol. The third-order valence-corrected chi connectivity index (χ3v) is 13.8. The van der Waals surface area contributed by atoms with Crippen LogP contribution in [0.4, 0.5) is 0 Å². The molecule has 11 aromatic rings. The smallest absolute Gasteiger partial charge is 0.0361 e. The third-order valence-electron chi connectivity index (χ3n) is 12.7. The highest BCUT2D eigenvalue weighted by molar-refractivity contribution is 7.26. The summed E-state index contributed by atoms with van der Waals surface area (Å²) in [6.45, 7) is 4.80. The lowest BCUT2D eigenvalue weighted by Crippen LogP contribution is -2.14. The fourth-order valence-corrected chi connectivity index (χ4v) is 11.1. The molecule has 0 atom stereocenters. The molecule has 1 aliphatic rings. The summed E-state index contributed by atoms with van der Waals surface area (Å²) in [5.41, 5.74) is 13.1. The van der Waals surface area contributed by atoms with Crippen molar-refractivity contribution in [3.05, 3.63) is 193 Å². The standard InChI is InChI=1S/C55H36S/c1-55(2)48-30-37(26-28-40(48)46-31-47-51(32-49(46)55)56-50-29-27-35-13-4-6-16-39(35)54(47)50)33-22-24-36(25-23-33)52-42-17-7-9-19-44(42)53(45-20-10-8-18-43(45)52)41-21-11-14-34-12-3-5-15-38(34)41/h3-32H,1-2H3. The molecule has 0 spiro atoms. The van der Waals surface area contributed by atoms with Crippen LogP contribution in [-0.2, 0) is 5.41 Å². The Balaban J connectivity index is 0.979. The van der Waals surface area contributed by atoms with E-state index in [1.54, 1.807) is 0 Å². The van der Waals surface area contributed by atoms with Gasteiger partial charge < -0.3 is 0 Å². The van der Waals surface area contributed by atoms with Crippen LogP contribution in [0.25, 0.3) is 108 Å². The summed E-state index contributed by atoms with van der Waals surface area (Å²) in [5, 5.41) is 13.1. The number of thiophene rings is 1. The fraction of sp³-hybridized carbons (Fsp3) is 0.0545. The first kappa shape index (κ1) is 31.8. The van der Waals surface area contributed by atoms with Crippen molar-refractivity contribution in [1.82, 2.24) is 0 Å². The van der Waals surface area contributed by atoms with Gasteiger partial charge in [-0.25, -0.2) is 0 Å². The molecule has 12 rings (SSSR count). The number of rotatable bonds is 3. The van der Waals surface area contributed by atoms with Crippen LogP contribution in [0.5, 0.6) is 0 Å². The molecule has 0 saturated carbocycles. The van der Waals surface area contributed by atoms with Crippen molar-refractivity contribution in [3.8, 4) is 44.5 Å². The average molecular weight is 729 g/mol. The fourth-order valence-electron chi connectivity index (χ4n) is 9.96. The minimum absolute atomic E-state index is 0.100. The molecule has 1 heteroatoms. The predicted octanol–water partition coefficient (Wildman–Crippen LogP) is 16.0. The molecule has 10 aromatic carbocycles. The molecule has 0 fully saturated rings. The Bertz CT molecular complexity index is 3370. The van der Waals surface area contributed by atoms with E-state index in [4.69, 9.17) is 0 Å². The van der Waals surface area contributed by atoms with Crippen molar-refractivity contribution >= 4 is 74.6 Å². The molecule has 1 heterocycles. The van der Waals surface area contributed by atoms with Crippen molar-refractivity contribution in [2.24, 2.45) is 0 Å². The third kappa shape index (κ3) is 4.47. The average Bonchev–Trinajstić information content (AvgIpc) is 3.73.